The number of para-hydroxylation sites is 1. The summed E-state index contributed by atoms with van der Waals surface area (Å²) >= 11 is 1.81. The number of thiophene rings is 1. The van der Waals surface area contributed by atoms with Crippen LogP contribution in [0, 0.1) is 0 Å². The summed E-state index contributed by atoms with van der Waals surface area (Å²) in [6.45, 7) is 5.08. The zero-order valence-corrected chi connectivity index (χ0v) is 10.9. The van der Waals surface area contributed by atoms with Gasteiger partial charge in [0.1, 0.15) is 0 Å². The molecule has 0 unspecified atom stereocenters. The molecule has 1 nitrogen and oxygen atoms in total. The molecule has 0 amide bonds. The van der Waals surface area contributed by atoms with Gasteiger partial charge in [-0.3, -0.25) is 0 Å². The Balaban J connectivity index is 2.05. The van der Waals surface area contributed by atoms with Gasteiger partial charge in [-0.1, -0.05) is 48.5 Å². The molecule has 0 N–H and O–H groups in total. The fourth-order valence-corrected chi connectivity index (χ4v) is 3.21. The topological polar surface area (TPSA) is 3.24 Å². The molecule has 0 saturated heterocycles. The highest BCUT2D eigenvalue weighted by molar-refractivity contribution is 7.23. The van der Waals surface area contributed by atoms with E-state index in [0.717, 1.165) is 6.54 Å². The Morgan fingerprint density at radius 3 is 2.89 bits per heavy atom. The van der Waals surface area contributed by atoms with Gasteiger partial charge in [0, 0.05) is 17.0 Å². The molecule has 1 aliphatic heterocycles. The average Bonchev–Trinajstić information content (AvgIpc) is 2.93. The standard InChI is InChI=1S/C15H14BNS/c1-2-11-17-14-7-4-3-6-13(14)9-10-16(17)15-8-5-12-18-15/h2-10,12H,1,11H2. The van der Waals surface area contributed by atoms with Crippen LogP contribution in [0.5, 0.6) is 0 Å². The first kappa shape index (κ1) is 11.4. The quantitative estimate of drug-likeness (QED) is 0.598. The Hall–Kier alpha value is -1.74. The van der Waals surface area contributed by atoms with Gasteiger partial charge >= 0.3 is 6.85 Å². The molecule has 2 heterocycles. The molecule has 0 saturated carbocycles. The monoisotopic (exact) mass is 251 g/mol. The SMILES string of the molecule is C=CCN1B(c2cccs2)C=Cc2ccccc21. The van der Waals surface area contributed by atoms with Crippen LogP contribution in [-0.2, 0) is 0 Å². The molecule has 0 atom stereocenters. The molecule has 1 aromatic heterocycles. The number of rotatable bonds is 3. The van der Waals surface area contributed by atoms with Gasteiger partial charge in [0.2, 0.25) is 0 Å². The Bertz CT molecular complexity index is 574. The van der Waals surface area contributed by atoms with E-state index in [4.69, 9.17) is 0 Å². The first-order valence-corrected chi connectivity index (χ1v) is 6.96. The summed E-state index contributed by atoms with van der Waals surface area (Å²) in [4.78, 5) is 2.40. The van der Waals surface area contributed by atoms with E-state index in [1.165, 1.54) is 16.0 Å². The van der Waals surface area contributed by atoms with Crippen molar-refractivity contribution in [3.8, 4) is 0 Å². The van der Waals surface area contributed by atoms with Crippen LogP contribution in [0.15, 0.2) is 60.4 Å². The van der Waals surface area contributed by atoms with Crippen molar-refractivity contribution in [1.29, 1.82) is 0 Å². The molecule has 2 aromatic rings. The lowest BCUT2D eigenvalue weighted by molar-refractivity contribution is 1.17. The molecule has 3 heteroatoms. The number of nitrogens with zero attached hydrogens (tertiary/aromatic N) is 1. The highest BCUT2D eigenvalue weighted by atomic mass is 32.1. The minimum atomic E-state index is 0.331. The molecule has 0 spiro atoms. The van der Waals surface area contributed by atoms with Crippen molar-refractivity contribution in [1.82, 2.24) is 0 Å². The van der Waals surface area contributed by atoms with E-state index in [1.807, 2.05) is 6.08 Å². The minimum absolute atomic E-state index is 0.331. The Morgan fingerprint density at radius 1 is 1.22 bits per heavy atom. The van der Waals surface area contributed by atoms with Crippen LogP contribution in [0.25, 0.3) is 6.08 Å². The summed E-state index contributed by atoms with van der Waals surface area (Å²) < 4.78 is 1.38. The van der Waals surface area contributed by atoms with Crippen molar-refractivity contribution in [2.24, 2.45) is 0 Å². The van der Waals surface area contributed by atoms with Crippen molar-refractivity contribution in [3.63, 3.8) is 0 Å². The second-order valence-corrected chi connectivity index (χ2v) is 5.30. The van der Waals surface area contributed by atoms with Crippen molar-refractivity contribution in [2.75, 3.05) is 11.4 Å². The first-order chi connectivity index (χ1) is 8.90. The van der Waals surface area contributed by atoms with Crippen LogP contribution in [-0.4, -0.2) is 13.4 Å². The maximum Gasteiger partial charge on any atom is 0.326 e. The lowest BCUT2D eigenvalue weighted by atomic mass is 9.56. The second kappa shape index (κ2) is 4.87. The summed E-state index contributed by atoms with van der Waals surface area (Å²) in [5.41, 5.74) is 2.57. The molecular weight excluding hydrogens is 237 g/mol. The maximum atomic E-state index is 3.88. The van der Waals surface area contributed by atoms with Crippen molar-refractivity contribution in [3.05, 3.63) is 66.0 Å². The molecule has 0 bridgehead atoms. The summed E-state index contributed by atoms with van der Waals surface area (Å²) in [6.07, 6.45) is 4.19. The lowest BCUT2D eigenvalue weighted by Crippen LogP contribution is -2.48. The Morgan fingerprint density at radius 2 is 2.11 bits per heavy atom. The molecule has 3 rings (SSSR count). The van der Waals surface area contributed by atoms with Gasteiger partial charge in [0.05, 0.1) is 0 Å². The van der Waals surface area contributed by atoms with Crippen molar-refractivity contribution in [2.45, 2.75) is 0 Å². The van der Waals surface area contributed by atoms with E-state index in [2.05, 4.69) is 65.2 Å². The number of anilines is 1. The van der Waals surface area contributed by atoms with Gasteiger partial charge in [0.15, 0.2) is 0 Å². The zero-order chi connectivity index (χ0) is 12.4. The van der Waals surface area contributed by atoms with Crippen molar-refractivity contribution >= 4 is 34.7 Å². The smallest absolute Gasteiger partial charge is 0.326 e. The largest absolute Gasteiger partial charge is 0.403 e. The van der Waals surface area contributed by atoms with E-state index >= 15 is 0 Å². The molecule has 88 valence electrons. The van der Waals surface area contributed by atoms with Gasteiger partial charge in [-0.2, -0.15) is 11.3 Å². The second-order valence-electron chi connectivity index (χ2n) is 4.32. The molecule has 18 heavy (non-hydrogen) atoms. The van der Waals surface area contributed by atoms with Crippen LogP contribution in [0.2, 0.25) is 0 Å². The van der Waals surface area contributed by atoms with Gasteiger partial charge in [0.25, 0.3) is 0 Å². The molecular formula is C15H14BNS. The van der Waals surface area contributed by atoms with Crippen LogP contribution in [0.4, 0.5) is 5.69 Å². The van der Waals surface area contributed by atoms with Crippen LogP contribution < -0.4 is 9.59 Å². The molecule has 0 aliphatic carbocycles. The number of fused-ring (bicyclic) bond motifs is 1. The van der Waals surface area contributed by atoms with Crippen molar-refractivity contribution < 1.29 is 0 Å². The fraction of sp³-hybridized carbons (Fsp3) is 0.0667. The number of benzene rings is 1. The summed E-state index contributed by atoms with van der Waals surface area (Å²) in [5.74, 6) is 2.28. The Kier molecular flexibility index (Phi) is 3.07. The zero-order valence-electron chi connectivity index (χ0n) is 10.1. The molecule has 0 radical (unpaired) electrons. The van der Waals surface area contributed by atoms with E-state index in [9.17, 15) is 0 Å². The van der Waals surface area contributed by atoms with E-state index in [1.54, 1.807) is 11.3 Å². The van der Waals surface area contributed by atoms with Crippen LogP contribution >= 0.6 is 11.3 Å². The molecule has 1 aliphatic rings. The fourth-order valence-electron chi connectivity index (χ4n) is 2.40. The molecule has 1 aromatic carbocycles. The summed E-state index contributed by atoms with van der Waals surface area (Å²) in [6, 6.07) is 12.8. The van der Waals surface area contributed by atoms with Gasteiger partial charge < -0.3 is 4.81 Å². The first-order valence-electron chi connectivity index (χ1n) is 6.08. The average molecular weight is 251 g/mol. The van der Waals surface area contributed by atoms with Gasteiger partial charge in [-0.25, -0.2) is 0 Å². The van der Waals surface area contributed by atoms with E-state index in [0.29, 0.717) is 6.85 Å². The Labute approximate surface area is 112 Å². The third-order valence-electron chi connectivity index (χ3n) is 3.20. The van der Waals surface area contributed by atoms with Gasteiger partial charge in [-0.05, 0) is 17.0 Å². The predicted octanol–water partition coefficient (Wildman–Crippen LogP) is 3.21. The minimum Gasteiger partial charge on any atom is -0.403 e. The maximum absolute atomic E-state index is 3.88. The number of hydrogen-bond donors (Lipinski definition) is 0. The third kappa shape index (κ3) is 1.91. The predicted molar refractivity (Wildman–Crippen MR) is 82.7 cm³/mol. The molecule has 0 fully saturated rings. The van der Waals surface area contributed by atoms with Crippen LogP contribution in [0.3, 0.4) is 0 Å². The summed E-state index contributed by atoms with van der Waals surface area (Å²) in [5, 5.41) is 2.13. The van der Waals surface area contributed by atoms with E-state index < -0.39 is 0 Å². The summed E-state index contributed by atoms with van der Waals surface area (Å²) in [7, 11) is 0. The number of hydrogen-bond acceptors (Lipinski definition) is 2. The third-order valence-corrected chi connectivity index (χ3v) is 4.14. The lowest BCUT2D eigenvalue weighted by Gasteiger charge is -2.32. The van der Waals surface area contributed by atoms with E-state index in [-0.39, 0.29) is 0 Å². The normalized spacial score (nSPS) is 13.6. The highest BCUT2D eigenvalue weighted by Gasteiger charge is 2.27. The highest BCUT2D eigenvalue weighted by Crippen LogP contribution is 2.27. The van der Waals surface area contributed by atoms with Gasteiger partial charge in [-0.15, -0.1) is 6.58 Å². The van der Waals surface area contributed by atoms with Crippen LogP contribution in [0.1, 0.15) is 5.56 Å².